The molecule has 1 saturated heterocycles. The summed E-state index contributed by atoms with van der Waals surface area (Å²) in [7, 11) is 0. The fraction of sp³-hybridized carbons (Fsp3) is 0.357. The quantitative estimate of drug-likeness (QED) is 0.340. The predicted molar refractivity (Wildman–Crippen MR) is 134 cm³/mol. The zero-order valence-electron chi connectivity index (χ0n) is 21.0. The van der Waals surface area contributed by atoms with Crippen LogP contribution in [0.15, 0.2) is 47.8 Å². The molecule has 1 amide bonds. The zero-order valence-corrected chi connectivity index (χ0v) is 21.0. The summed E-state index contributed by atoms with van der Waals surface area (Å²) in [6.07, 6.45) is 2.84. The molecule has 6 nitrogen and oxygen atoms in total. The second kappa shape index (κ2) is 10.9. The summed E-state index contributed by atoms with van der Waals surface area (Å²) >= 11 is 0. The molecule has 8 heteroatoms. The Morgan fingerprint density at radius 1 is 1.08 bits per heavy atom. The van der Waals surface area contributed by atoms with Crippen LogP contribution in [-0.2, 0) is 11.2 Å². The Hall–Kier alpha value is -3.68. The van der Waals surface area contributed by atoms with Crippen molar-refractivity contribution in [1.29, 1.82) is 0 Å². The van der Waals surface area contributed by atoms with Gasteiger partial charge in [-0.25, -0.2) is 18.7 Å². The number of carbonyl (C=O) groups excluding carboxylic acids is 1. The molecule has 2 aromatic carbocycles. The average molecular weight is 493 g/mol. The molecule has 1 aromatic heterocycles. The number of carbonyl (C=O) groups is 1. The van der Waals surface area contributed by atoms with Crippen LogP contribution in [0, 0.1) is 32.4 Å². The lowest BCUT2D eigenvalue weighted by atomic mass is 9.89. The lowest BCUT2D eigenvalue weighted by Crippen LogP contribution is -2.39. The molecule has 36 heavy (non-hydrogen) atoms. The van der Waals surface area contributed by atoms with Gasteiger partial charge in [0.05, 0.1) is 17.8 Å². The van der Waals surface area contributed by atoms with Crippen LogP contribution in [0.25, 0.3) is 0 Å². The molecule has 0 unspecified atom stereocenters. The summed E-state index contributed by atoms with van der Waals surface area (Å²) in [5.41, 5.74) is 4.35. The number of oxime groups is 1. The molecule has 0 bridgehead atoms. The van der Waals surface area contributed by atoms with E-state index < -0.39 is 11.6 Å². The van der Waals surface area contributed by atoms with Gasteiger partial charge < -0.3 is 9.74 Å². The van der Waals surface area contributed by atoms with Crippen LogP contribution in [0.4, 0.5) is 8.78 Å². The van der Waals surface area contributed by atoms with Crippen LogP contribution in [0.2, 0.25) is 0 Å². The monoisotopic (exact) mass is 492 g/mol. The van der Waals surface area contributed by atoms with Gasteiger partial charge in [-0.2, -0.15) is 0 Å². The number of benzene rings is 2. The van der Waals surface area contributed by atoms with E-state index in [4.69, 9.17) is 9.82 Å². The Bertz CT molecular complexity index is 1260. The van der Waals surface area contributed by atoms with Crippen molar-refractivity contribution in [1.82, 2.24) is 14.9 Å². The maximum Gasteiger partial charge on any atom is 0.227 e. The number of piperidine rings is 1. The summed E-state index contributed by atoms with van der Waals surface area (Å²) in [6, 6.07) is 9.56. The van der Waals surface area contributed by atoms with Gasteiger partial charge in [0.15, 0.2) is 5.75 Å². The first kappa shape index (κ1) is 25.4. The molecule has 0 saturated carbocycles. The van der Waals surface area contributed by atoms with Gasteiger partial charge in [0.25, 0.3) is 0 Å². The first-order valence-corrected chi connectivity index (χ1v) is 12.1. The van der Waals surface area contributed by atoms with E-state index in [0.29, 0.717) is 43.2 Å². The van der Waals surface area contributed by atoms with E-state index >= 15 is 0 Å². The van der Waals surface area contributed by atoms with E-state index in [-0.39, 0.29) is 23.8 Å². The minimum atomic E-state index is -0.697. The maximum atomic E-state index is 14.0. The van der Waals surface area contributed by atoms with Crippen LogP contribution in [0.1, 0.15) is 59.5 Å². The van der Waals surface area contributed by atoms with Crippen molar-refractivity contribution in [2.45, 2.75) is 52.9 Å². The van der Waals surface area contributed by atoms with Crippen molar-refractivity contribution in [3.63, 3.8) is 0 Å². The number of halogens is 2. The Labute approximate surface area is 210 Å². The summed E-state index contributed by atoms with van der Waals surface area (Å²) in [5, 5.41) is 4.34. The standard InChI is InChI=1S/C28H30F2N4O2/c1-17-12-18(2)14-22(13-17)36-33-19(3)24-16-31-20(4)32-28(24)21-8-10-34(11-9-21)27(35)15-23-25(29)6-5-7-26(23)30/h5-7,12-14,16,21H,8-11,15H2,1-4H3/b33-19+. The fourth-order valence-corrected chi connectivity index (χ4v) is 4.60. The lowest BCUT2D eigenvalue weighted by molar-refractivity contribution is -0.131. The second-order valence-electron chi connectivity index (χ2n) is 9.34. The van der Waals surface area contributed by atoms with Crippen molar-refractivity contribution in [2.75, 3.05) is 13.1 Å². The van der Waals surface area contributed by atoms with Gasteiger partial charge in [-0.15, -0.1) is 0 Å². The summed E-state index contributed by atoms with van der Waals surface area (Å²) in [6.45, 7) is 8.68. The molecule has 1 aliphatic heterocycles. The lowest BCUT2D eigenvalue weighted by Gasteiger charge is -2.32. The van der Waals surface area contributed by atoms with E-state index in [0.717, 1.165) is 22.4 Å². The topological polar surface area (TPSA) is 67.7 Å². The van der Waals surface area contributed by atoms with Gasteiger partial charge in [0, 0.05) is 36.3 Å². The third-order valence-electron chi connectivity index (χ3n) is 6.44. The molecule has 1 fully saturated rings. The number of amides is 1. The Morgan fingerprint density at radius 3 is 2.36 bits per heavy atom. The van der Waals surface area contributed by atoms with Crippen molar-refractivity contribution < 1.29 is 18.4 Å². The third-order valence-corrected chi connectivity index (χ3v) is 6.44. The van der Waals surface area contributed by atoms with Gasteiger partial charge in [0.1, 0.15) is 17.5 Å². The highest BCUT2D eigenvalue weighted by Crippen LogP contribution is 2.30. The smallest absolute Gasteiger partial charge is 0.227 e. The van der Waals surface area contributed by atoms with Gasteiger partial charge >= 0.3 is 0 Å². The predicted octanol–water partition coefficient (Wildman–Crippen LogP) is 5.43. The van der Waals surface area contributed by atoms with E-state index in [1.54, 1.807) is 11.1 Å². The molecule has 0 aliphatic carbocycles. The summed E-state index contributed by atoms with van der Waals surface area (Å²) < 4.78 is 28.0. The molecule has 188 valence electrons. The normalized spacial score (nSPS) is 14.7. The Kier molecular flexibility index (Phi) is 7.72. The van der Waals surface area contributed by atoms with Crippen molar-refractivity contribution >= 4 is 11.6 Å². The first-order valence-electron chi connectivity index (χ1n) is 12.1. The molecule has 3 aromatic rings. The van der Waals surface area contributed by atoms with E-state index in [9.17, 15) is 13.6 Å². The molecule has 2 heterocycles. The minimum Gasteiger partial charge on any atom is -0.357 e. The number of nitrogens with zero attached hydrogens (tertiary/aromatic N) is 4. The Morgan fingerprint density at radius 2 is 1.72 bits per heavy atom. The summed E-state index contributed by atoms with van der Waals surface area (Å²) in [4.78, 5) is 29.2. The summed E-state index contributed by atoms with van der Waals surface area (Å²) in [5.74, 6) is -0.252. The highest BCUT2D eigenvalue weighted by Gasteiger charge is 2.28. The highest BCUT2D eigenvalue weighted by molar-refractivity contribution is 5.99. The molecular formula is C28H30F2N4O2. The van der Waals surface area contributed by atoms with Crippen LogP contribution in [0.3, 0.4) is 0 Å². The average Bonchev–Trinajstić information content (AvgIpc) is 2.84. The third kappa shape index (κ3) is 5.93. The first-order chi connectivity index (χ1) is 17.2. The van der Waals surface area contributed by atoms with Crippen molar-refractivity contribution in [2.24, 2.45) is 5.16 Å². The molecule has 0 spiro atoms. The number of aryl methyl sites for hydroxylation is 3. The maximum absolute atomic E-state index is 14.0. The second-order valence-corrected chi connectivity index (χ2v) is 9.34. The van der Waals surface area contributed by atoms with Gasteiger partial charge in [-0.3, -0.25) is 4.79 Å². The molecule has 0 N–H and O–H groups in total. The molecule has 4 rings (SSSR count). The minimum absolute atomic E-state index is 0.0994. The largest absolute Gasteiger partial charge is 0.357 e. The van der Waals surface area contributed by atoms with Gasteiger partial charge in [-0.1, -0.05) is 17.3 Å². The number of hydrogen-bond donors (Lipinski definition) is 0. The van der Waals surface area contributed by atoms with E-state index in [1.807, 2.05) is 39.8 Å². The molecular weight excluding hydrogens is 462 g/mol. The molecule has 1 aliphatic rings. The Balaban J connectivity index is 1.46. The molecule has 0 radical (unpaired) electrons. The van der Waals surface area contributed by atoms with Crippen molar-refractivity contribution in [3.8, 4) is 5.75 Å². The highest BCUT2D eigenvalue weighted by atomic mass is 19.1. The van der Waals surface area contributed by atoms with Gasteiger partial charge in [-0.05, 0) is 75.9 Å². The number of aromatic nitrogens is 2. The van der Waals surface area contributed by atoms with Crippen LogP contribution >= 0.6 is 0 Å². The van der Waals surface area contributed by atoms with E-state index in [2.05, 4.69) is 16.2 Å². The number of likely N-dealkylation sites (tertiary alicyclic amines) is 1. The fourth-order valence-electron chi connectivity index (χ4n) is 4.60. The number of hydrogen-bond acceptors (Lipinski definition) is 5. The zero-order chi connectivity index (χ0) is 25.8. The van der Waals surface area contributed by atoms with Crippen LogP contribution in [-0.4, -0.2) is 39.6 Å². The molecule has 0 atom stereocenters. The van der Waals surface area contributed by atoms with Crippen molar-refractivity contribution in [3.05, 3.63) is 88.0 Å². The number of rotatable bonds is 6. The van der Waals surface area contributed by atoms with Crippen LogP contribution in [0.5, 0.6) is 5.75 Å². The van der Waals surface area contributed by atoms with E-state index in [1.165, 1.54) is 18.2 Å². The van der Waals surface area contributed by atoms with Crippen LogP contribution < -0.4 is 4.84 Å². The SMILES string of the molecule is C/C(=N\Oc1cc(C)cc(C)c1)c1cnc(C)nc1C1CCN(C(=O)Cc2c(F)cccc2F)CC1. The van der Waals surface area contributed by atoms with Gasteiger partial charge in [0.2, 0.25) is 5.91 Å².